The number of nitriles is 2. The van der Waals surface area contributed by atoms with Gasteiger partial charge in [-0.25, -0.2) is 0 Å². The van der Waals surface area contributed by atoms with E-state index in [1.54, 1.807) is 12.1 Å². The molecule has 14 heavy (non-hydrogen) atoms. The minimum absolute atomic E-state index is 0.0746. The third-order valence-corrected chi connectivity index (χ3v) is 2.11. The number of carbonyl (C=O) groups excluding carboxylic acids is 1. The molecule has 0 bridgehead atoms. The van der Waals surface area contributed by atoms with Crippen LogP contribution >= 0.6 is 15.9 Å². The van der Waals surface area contributed by atoms with Crippen LogP contribution in [0.25, 0.3) is 0 Å². The molecule has 1 rings (SSSR count). The van der Waals surface area contributed by atoms with Crippen LogP contribution in [0.3, 0.4) is 0 Å². The SMILES string of the molecule is CC(=O)Nc1oc(C#N)c(C#N)c1Br. The number of hydrogen-bond donors (Lipinski definition) is 1. The van der Waals surface area contributed by atoms with Gasteiger partial charge in [0.05, 0.1) is 0 Å². The van der Waals surface area contributed by atoms with Crippen molar-refractivity contribution in [2.75, 3.05) is 5.32 Å². The molecule has 1 aromatic heterocycles. The van der Waals surface area contributed by atoms with Gasteiger partial charge < -0.3 is 4.42 Å². The lowest BCUT2D eigenvalue weighted by Crippen LogP contribution is -2.04. The van der Waals surface area contributed by atoms with Crippen LogP contribution in [0.4, 0.5) is 5.88 Å². The smallest absolute Gasteiger partial charge is 0.225 e. The molecule has 0 saturated heterocycles. The quantitative estimate of drug-likeness (QED) is 0.826. The summed E-state index contributed by atoms with van der Waals surface area (Å²) in [6.45, 7) is 1.30. The van der Waals surface area contributed by atoms with E-state index < -0.39 is 0 Å². The summed E-state index contributed by atoms with van der Waals surface area (Å²) in [6.07, 6.45) is 0. The molecule has 0 aromatic carbocycles. The summed E-state index contributed by atoms with van der Waals surface area (Å²) >= 11 is 3.05. The Morgan fingerprint density at radius 3 is 2.50 bits per heavy atom. The fraction of sp³-hybridized carbons (Fsp3) is 0.125. The van der Waals surface area contributed by atoms with E-state index in [0.717, 1.165) is 0 Å². The van der Waals surface area contributed by atoms with Crippen molar-refractivity contribution < 1.29 is 9.21 Å². The lowest BCUT2D eigenvalue weighted by atomic mass is 10.3. The Balaban J connectivity index is 3.24. The van der Waals surface area contributed by atoms with Crippen LogP contribution in [0.15, 0.2) is 8.89 Å². The molecule has 70 valence electrons. The van der Waals surface area contributed by atoms with E-state index in [4.69, 9.17) is 14.9 Å². The van der Waals surface area contributed by atoms with Crippen LogP contribution in [-0.4, -0.2) is 5.91 Å². The highest BCUT2D eigenvalue weighted by Gasteiger charge is 2.18. The molecule has 1 aromatic rings. The Morgan fingerprint density at radius 2 is 2.14 bits per heavy atom. The van der Waals surface area contributed by atoms with Crippen molar-refractivity contribution in [2.24, 2.45) is 0 Å². The van der Waals surface area contributed by atoms with Crippen molar-refractivity contribution >= 4 is 27.7 Å². The maximum atomic E-state index is 10.7. The van der Waals surface area contributed by atoms with Crippen molar-refractivity contribution in [3.05, 3.63) is 15.8 Å². The van der Waals surface area contributed by atoms with E-state index in [-0.39, 0.29) is 27.6 Å². The Kier molecular flexibility index (Phi) is 2.90. The molecule has 0 aliphatic heterocycles. The monoisotopic (exact) mass is 253 g/mol. The number of nitrogens with one attached hydrogen (secondary N) is 1. The van der Waals surface area contributed by atoms with Gasteiger partial charge in [0.2, 0.25) is 17.6 Å². The standard InChI is InChI=1S/C8H4BrN3O2/c1-4(13)12-8-7(9)5(2-10)6(3-11)14-8/h1H3,(H,12,13). The van der Waals surface area contributed by atoms with Gasteiger partial charge in [-0.05, 0) is 15.9 Å². The summed E-state index contributed by atoms with van der Waals surface area (Å²) < 4.78 is 5.22. The molecule has 0 fully saturated rings. The Hall–Kier alpha value is -1.79. The van der Waals surface area contributed by atoms with Crippen LogP contribution in [-0.2, 0) is 4.79 Å². The first-order valence-electron chi connectivity index (χ1n) is 3.50. The number of anilines is 1. The normalized spacial score (nSPS) is 8.86. The van der Waals surface area contributed by atoms with Crippen molar-refractivity contribution in [1.29, 1.82) is 10.5 Å². The molecule has 0 spiro atoms. The summed E-state index contributed by atoms with van der Waals surface area (Å²) in [6, 6.07) is 3.50. The van der Waals surface area contributed by atoms with E-state index in [0.29, 0.717) is 0 Å². The molecule has 0 atom stereocenters. The molecule has 0 saturated carbocycles. The van der Waals surface area contributed by atoms with Gasteiger partial charge in [-0.3, -0.25) is 10.1 Å². The van der Waals surface area contributed by atoms with Gasteiger partial charge >= 0.3 is 0 Å². The minimum atomic E-state index is -0.339. The van der Waals surface area contributed by atoms with Crippen LogP contribution in [0.1, 0.15) is 18.2 Å². The Morgan fingerprint density at radius 1 is 1.50 bits per heavy atom. The second-order valence-corrected chi connectivity index (χ2v) is 3.15. The Bertz CT molecular complexity index is 464. The molecule has 0 aliphatic rings. The molecule has 0 radical (unpaired) electrons. The van der Waals surface area contributed by atoms with Gasteiger partial charge in [0, 0.05) is 6.92 Å². The first-order valence-corrected chi connectivity index (χ1v) is 4.29. The molecule has 0 unspecified atom stereocenters. The zero-order valence-electron chi connectivity index (χ0n) is 7.09. The summed E-state index contributed by atoms with van der Waals surface area (Å²) in [4.78, 5) is 10.7. The van der Waals surface area contributed by atoms with Gasteiger partial charge in [-0.1, -0.05) is 0 Å². The highest BCUT2D eigenvalue weighted by atomic mass is 79.9. The summed E-state index contributed by atoms with van der Waals surface area (Å²) in [5, 5.41) is 19.6. The maximum Gasteiger partial charge on any atom is 0.225 e. The van der Waals surface area contributed by atoms with Gasteiger partial charge in [0.25, 0.3) is 0 Å². The van der Waals surface area contributed by atoms with E-state index in [9.17, 15) is 4.79 Å². The van der Waals surface area contributed by atoms with E-state index in [1.165, 1.54) is 6.92 Å². The Labute approximate surface area is 88.0 Å². The van der Waals surface area contributed by atoms with Crippen molar-refractivity contribution in [3.63, 3.8) is 0 Å². The predicted molar refractivity (Wildman–Crippen MR) is 50.1 cm³/mol. The molecule has 1 amide bonds. The number of nitrogens with zero attached hydrogens (tertiary/aromatic N) is 2. The van der Waals surface area contributed by atoms with Crippen LogP contribution in [0.5, 0.6) is 0 Å². The minimum Gasteiger partial charge on any atom is -0.427 e. The van der Waals surface area contributed by atoms with Crippen molar-refractivity contribution in [1.82, 2.24) is 0 Å². The predicted octanol–water partition coefficient (Wildman–Crippen LogP) is 1.74. The number of rotatable bonds is 1. The average molecular weight is 254 g/mol. The highest BCUT2D eigenvalue weighted by Crippen LogP contribution is 2.31. The molecule has 0 aliphatic carbocycles. The van der Waals surface area contributed by atoms with Gasteiger partial charge in [-0.2, -0.15) is 10.5 Å². The number of hydrogen-bond acceptors (Lipinski definition) is 4. The zero-order chi connectivity index (χ0) is 10.7. The molecular formula is C8H4BrN3O2. The summed E-state index contributed by atoms with van der Waals surface area (Å²) in [5.41, 5.74) is 0.0799. The first kappa shape index (κ1) is 10.3. The van der Waals surface area contributed by atoms with Gasteiger partial charge in [0.1, 0.15) is 22.2 Å². The second kappa shape index (κ2) is 3.95. The van der Waals surface area contributed by atoms with E-state index in [1.807, 2.05) is 0 Å². The summed E-state index contributed by atoms with van der Waals surface area (Å²) in [5.74, 6) is -0.387. The molecule has 6 heteroatoms. The maximum absolute atomic E-state index is 10.7. The second-order valence-electron chi connectivity index (χ2n) is 2.35. The number of furan rings is 1. The first-order chi connectivity index (χ1) is 6.60. The topological polar surface area (TPSA) is 89.8 Å². The van der Waals surface area contributed by atoms with Crippen molar-refractivity contribution in [3.8, 4) is 12.1 Å². The summed E-state index contributed by atoms with van der Waals surface area (Å²) in [7, 11) is 0. The lowest BCUT2D eigenvalue weighted by Gasteiger charge is -1.95. The number of carbonyl (C=O) groups is 1. The van der Waals surface area contributed by atoms with Crippen LogP contribution in [0, 0.1) is 22.7 Å². The molecule has 1 heterocycles. The molecular weight excluding hydrogens is 250 g/mol. The average Bonchev–Trinajstić information content (AvgIpc) is 2.42. The van der Waals surface area contributed by atoms with Crippen molar-refractivity contribution in [2.45, 2.75) is 6.92 Å². The molecule has 1 N–H and O–H groups in total. The fourth-order valence-corrected chi connectivity index (χ4v) is 1.28. The highest BCUT2D eigenvalue weighted by molar-refractivity contribution is 9.10. The van der Waals surface area contributed by atoms with Gasteiger partial charge in [-0.15, -0.1) is 0 Å². The zero-order valence-corrected chi connectivity index (χ0v) is 8.67. The van der Waals surface area contributed by atoms with Crippen LogP contribution < -0.4 is 5.32 Å². The fourth-order valence-electron chi connectivity index (χ4n) is 0.830. The largest absolute Gasteiger partial charge is 0.427 e. The number of halogens is 1. The van der Waals surface area contributed by atoms with Gasteiger partial charge in [0.15, 0.2) is 0 Å². The third-order valence-electron chi connectivity index (χ3n) is 1.35. The molecule has 5 nitrogen and oxygen atoms in total. The van der Waals surface area contributed by atoms with E-state index >= 15 is 0 Å². The van der Waals surface area contributed by atoms with Crippen LogP contribution in [0.2, 0.25) is 0 Å². The lowest BCUT2D eigenvalue weighted by molar-refractivity contribution is -0.114. The number of amides is 1. The van der Waals surface area contributed by atoms with E-state index in [2.05, 4.69) is 21.2 Å². The third kappa shape index (κ3) is 1.76.